The average molecular weight is 363 g/mol. The van der Waals surface area contributed by atoms with Gasteiger partial charge in [0.05, 0.1) is 11.0 Å². The van der Waals surface area contributed by atoms with Crippen molar-refractivity contribution >= 4 is 16.9 Å². The summed E-state index contributed by atoms with van der Waals surface area (Å²) in [6.07, 6.45) is 5.42. The molecule has 1 saturated heterocycles. The van der Waals surface area contributed by atoms with Crippen molar-refractivity contribution < 1.29 is 4.79 Å². The number of likely N-dealkylation sites (tertiary alicyclic amines) is 1. The van der Waals surface area contributed by atoms with Crippen LogP contribution in [0.2, 0.25) is 0 Å². The number of piperidine rings is 1. The van der Waals surface area contributed by atoms with E-state index in [-0.39, 0.29) is 17.7 Å². The number of para-hydroxylation sites is 2. The molecule has 1 aliphatic rings. The number of fused-ring (bicyclic) bond motifs is 1. The molecule has 0 spiro atoms. The van der Waals surface area contributed by atoms with Gasteiger partial charge in [-0.2, -0.15) is 0 Å². The van der Waals surface area contributed by atoms with Gasteiger partial charge in [0.1, 0.15) is 18.7 Å². The highest BCUT2D eigenvalue weighted by Gasteiger charge is 2.26. The number of nitrogens with zero attached hydrogens (tertiary/aromatic N) is 5. The van der Waals surface area contributed by atoms with Gasteiger partial charge < -0.3 is 9.47 Å². The van der Waals surface area contributed by atoms with Gasteiger partial charge in [-0.15, -0.1) is 0 Å². The lowest BCUT2D eigenvalue weighted by atomic mass is 9.94. The summed E-state index contributed by atoms with van der Waals surface area (Å²) in [5.74, 6) is 1.67. The van der Waals surface area contributed by atoms with Gasteiger partial charge in [-0.1, -0.05) is 26.0 Å². The molecule has 3 heterocycles. The van der Waals surface area contributed by atoms with Gasteiger partial charge in [0.2, 0.25) is 5.91 Å². The van der Waals surface area contributed by atoms with Gasteiger partial charge in [-0.05, 0) is 31.0 Å². The van der Waals surface area contributed by atoms with Crippen LogP contribution in [-0.2, 0) is 11.3 Å². The fourth-order valence-corrected chi connectivity index (χ4v) is 3.92. The van der Waals surface area contributed by atoms with Gasteiger partial charge in [0, 0.05) is 36.8 Å². The van der Waals surface area contributed by atoms with Crippen molar-refractivity contribution in [3.8, 4) is 0 Å². The number of carbonyl (C=O) groups is 1. The lowest BCUT2D eigenvalue weighted by Crippen LogP contribution is -2.41. The van der Waals surface area contributed by atoms with Crippen molar-refractivity contribution in [2.45, 2.75) is 45.1 Å². The molecule has 1 fully saturated rings. The van der Waals surface area contributed by atoms with Gasteiger partial charge in [0.15, 0.2) is 0 Å². The van der Waals surface area contributed by atoms with Crippen LogP contribution >= 0.6 is 0 Å². The Morgan fingerprint density at radius 3 is 2.89 bits per heavy atom. The molecule has 0 N–H and O–H groups in total. The molecule has 3 aromatic rings. The number of amides is 1. The minimum atomic E-state index is 0.152. The van der Waals surface area contributed by atoms with Gasteiger partial charge >= 0.3 is 0 Å². The summed E-state index contributed by atoms with van der Waals surface area (Å²) in [4.78, 5) is 28.2. The van der Waals surface area contributed by atoms with Gasteiger partial charge in [0.25, 0.3) is 0 Å². The second-order valence-corrected chi connectivity index (χ2v) is 7.51. The van der Waals surface area contributed by atoms with E-state index in [1.165, 1.54) is 0 Å². The normalized spacial score (nSPS) is 17.6. The Kier molecular flexibility index (Phi) is 4.88. The van der Waals surface area contributed by atoms with Crippen LogP contribution in [0.4, 0.5) is 0 Å². The molecule has 0 aliphatic carbocycles. The number of carbonyl (C=O) groups excluding carboxylic acids is 1. The third-order valence-electron chi connectivity index (χ3n) is 5.29. The van der Waals surface area contributed by atoms with Crippen molar-refractivity contribution in [2.75, 3.05) is 13.1 Å². The highest BCUT2D eigenvalue weighted by Crippen LogP contribution is 2.26. The number of hydrogen-bond acceptors (Lipinski definition) is 4. The maximum absolute atomic E-state index is 13.1. The predicted octanol–water partition coefficient (Wildman–Crippen LogP) is 3.36. The van der Waals surface area contributed by atoms with E-state index in [2.05, 4.69) is 28.4 Å². The molecule has 1 atom stereocenters. The first-order chi connectivity index (χ1) is 13.1. The van der Waals surface area contributed by atoms with Crippen molar-refractivity contribution in [1.29, 1.82) is 0 Å². The van der Waals surface area contributed by atoms with E-state index in [1.807, 2.05) is 35.2 Å². The SMILES string of the molecule is CC(C)c1nc2ccccc2n1CC(=O)N1CCC[C@@H](c2ccncn2)C1. The molecule has 140 valence electrons. The zero-order valence-electron chi connectivity index (χ0n) is 15.9. The zero-order valence-corrected chi connectivity index (χ0v) is 15.9. The van der Waals surface area contributed by atoms with Crippen molar-refractivity contribution in [2.24, 2.45) is 0 Å². The first-order valence-electron chi connectivity index (χ1n) is 9.62. The Labute approximate surface area is 159 Å². The van der Waals surface area contributed by atoms with Crippen LogP contribution < -0.4 is 0 Å². The maximum atomic E-state index is 13.1. The first-order valence-corrected chi connectivity index (χ1v) is 9.62. The lowest BCUT2D eigenvalue weighted by molar-refractivity contribution is -0.133. The monoisotopic (exact) mass is 363 g/mol. The summed E-state index contributed by atoms with van der Waals surface area (Å²) in [7, 11) is 0. The minimum absolute atomic E-state index is 0.152. The summed E-state index contributed by atoms with van der Waals surface area (Å²) in [6.45, 7) is 6.11. The summed E-state index contributed by atoms with van der Waals surface area (Å²) >= 11 is 0. The molecule has 2 aromatic heterocycles. The van der Waals surface area contributed by atoms with Crippen LogP contribution in [0.3, 0.4) is 0 Å². The molecule has 1 aromatic carbocycles. The van der Waals surface area contributed by atoms with Crippen molar-refractivity contribution in [3.05, 3.63) is 54.4 Å². The van der Waals surface area contributed by atoms with Gasteiger partial charge in [-0.25, -0.2) is 15.0 Å². The second-order valence-electron chi connectivity index (χ2n) is 7.51. The van der Waals surface area contributed by atoms with Crippen LogP contribution in [0.15, 0.2) is 42.9 Å². The van der Waals surface area contributed by atoms with Crippen LogP contribution in [-0.4, -0.2) is 43.4 Å². The maximum Gasteiger partial charge on any atom is 0.242 e. The Bertz CT molecular complexity index is 934. The molecule has 0 saturated carbocycles. The second kappa shape index (κ2) is 7.47. The van der Waals surface area contributed by atoms with E-state index in [0.29, 0.717) is 6.54 Å². The molecular weight excluding hydrogens is 338 g/mol. The Morgan fingerprint density at radius 2 is 2.11 bits per heavy atom. The predicted molar refractivity (Wildman–Crippen MR) is 104 cm³/mol. The summed E-state index contributed by atoms with van der Waals surface area (Å²) < 4.78 is 2.08. The third kappa shape index (κ3) is 3.56. The number of imidazole rings is 1. The molecule has 6 nitrogen and oxygen atoms in total. The number of benzene rings is 1. The summed E-state index contributed by atoms with van der Waals surface area (Å²) in [6, 6.07) is 10.00. The Morgan fingerprint density at radius 1 is 1.26 bits per heavy atom. The molecular formula is C21H25N5O. The molecule has 27 heavy (non-hydrogen) atoms. The standard InChI is InChI=1S/C21H25N5O/c1-15(2)21-24-18-7-3-4-8-19(18)26(21)13-20(27)25-11-5-6-16(12-25)17-9-10-22-14-23-17/h3-4,7-10,14-16H,5-6,11-13H2,1-2H3/t16-/m1/s1. The van der Waals surface area contributed by atoms with Crippen LogP contribution in [0.25, 0.3) is 11.0 Å². The summed E-state index contributed by atoms with van der Waals surface area (Å²) in [5, 5.41) is 0. The molecule has 4 rings (SSSR count). The van der Waals surface area contributed by atoms with E-state index < -0.39 is 0 Å². The van der Waals surface area contributed by atoms with E-state index in [1.54, 1.807) is 12.5 Å². The van der Waals surface area contributed by atoms with E-state index in [0.717, 1.165) is 48.5 Å². The largest absolute Gasteiger partial charge is 0.340 e. The van der Waals surface area contributed by atoms with Crippen LogP contribution in [0.1, 0.15) is 50.0 Å². The van der Waals surface area contributed by atoms with Crippen molar-refractivity contribution in [3.63, 3.8) is 0 Å². The van der Waals surface area contributed by atoms with E-state index >= 15 is 0 Å². The average Bonchev–Trinajstić information content (AvgIpc) is 3.08. The van der Waals surface area contributed by atoms with Crippen LogP contribution in [0.5, 0.6) is 0 Å². The van der Waals surface area contributed by atoms with E-state index in [4.69, 9.17) is 4.98 Å². The lowest BCUT2D eigenvalue weighted by Gasteiger charge is -2.32. The molecule has 0 bridgehead atoms. The number of rotatable bonds is 4. The first kappa shape index (κ1) is 17.6. The van der Waals surface area contributed by atoms with Gasteiger partial charge in [-0.3, -0.25) is 4.79 Å². The highest BCUT2D eigenvalue weighted by atomic mass is 16.2. The van der Waals surface area contributed by atoms with E-state index in [9.17, 15) is 4.79 Å². The third-order valence-corrected chi connectivity index (χ3v) is 5.29. The quantitative estimate of drug-likeness (QED) is 0.713. The topological polar surface area (TPSA) is 63.9 Å². The molecule has 1 aliphatic heterocycles. The highest BCUT2D eigenvalue weighted by molar-refractivity contribution is 5.81. The van der Waals surface area contributed by atoms with Crippen molar-refractivity contribution in [1.82, 2.24) is 24.4 Å². The molecule has 0 radical (unpaired) electrons. The Hall–Kier alpha value is -2.76. The molecule has 0 unspecified atom stereocenters. The fourth-order valence-electron chi connectivity index (χ4n) is 3.92. The zero-order chi connectivity index (χ0) is 18.8. The summed E-state index contributed by atoms with van der Waals surface area (Å²) in [5.41, 5.74) is 3.00. The fraction of sp³-hybridized carbons (Fsp3) is 0.429. The molecule has 6 heteroatoms. The Balaban J connectivity index is 1.55. The molecule has 1 amide bonds. The van der Waals surface area contributed by atoms with Crippen LogP contribution in [0, 0.1) is 0 Å². The minimum Gasteiger partial charge on any atom is -0.340 e. The number of aromatic nitrogens is 4. The smallest absolute Gasteiger partial charge is 0.242 e. The number of hydrogen-bond donors (Lipinski definition) is 0.